The summed E-state index contributed by atoms with van der Waals surface area (Å²) in [6, 6.07) is 11.6. The Morgan fingerprint density at radius 3 is 2.94 bits per heavy atom. The Bertz CT molecular complexity index is 765. The van der Waals surface area contributed by atoms with Crippen molar-refractivity contribution in [1.82, 2.24) is 14.8 Å². The summed E-state index contributed by atoms with van der Waals surface area (Å²) in [6.07, 6.45) is 3.64. The maximum absolute atomic E-state index is 9.14. The molecule has 0 saturated heterocycles. The zero-order valence-corrected chi connectivity index (χ0v) is 9.83. The maximum atomic E-state index is 9.14. The van der Waals surface area contributed by atoms with Crippen LogP contribution in [-0.4, -0.2) is 14.8 Å². The standard InChI is InChI=1S/C14H10N4/c1-18-9-11-4-2-6-12(14(11)17-18)13-10(8-15)5-3-7-16-13/h2-7,9H,1H3. The molecule has 2 aromatic heterocycles. The molecule has 4 heteroatoms. The van der Waals surface area contributed by atoms with Gasteiger partial charge in [0.2, 0.25) is 0 Å². The first-order valence-corrected chi connectivity index (χ1v) is 5.57. The highest BCUT2D eigenvalue weighted by Crippen LogP contribution is 2.27. The zero-order valence-electron chi connectivity index (χ0n) is 9.83. The van der Waals surface area contributed by atoms with Gasteiger partial charge in [-0.25, -0.2) is 0 Å². The van der Waals surface area contributed by atoms with Gasteiger partial charge in [-0.1, -0.05) is 18.2 Å². The van der Waals surface area contributed by atoms with Gasteiger partial charge in [0.15, 0.2) is 0 Å². The molecule has 0 amide bonds. The summed E-state index contributed by atoms with van der Waals surface area (Å²) >= 11 is 0. The highest BCUT2D eigenvalue weighted by atomic mass is 15.2. The normalized spacial score (nSPS) is 10.4. The van der Waals surface area contributed by atoms with Crippen LogP contribution in [0.1, 0.15) is 5.56 Å². The number of pyridine rings is 1. The van der Waals surface area contributed by atoms with Crippen LogP contribution in [-0.2, 0) is 7.05 Å². The van der Waals surface area contributed by atoms with Crippen LogP contribution >= 0.6 is 0 Å². The van der Waals surface area contributed by atoms with Crippen LogP contribution in [0.25, 0.3) is 22.2 Å². The van der Waals surface area contributed by atoms with Crippen LogP contribution in [0.4, 0.5) is 0 Å². The van der Waals surface area contributed by atoms with Crippen LogP contribution in [0, 0.1) is 11.3 Å². The minimum Gasteiger partial charge on any atom is -0.275 e. The molecule has 0 aliphatic rings. The van der Waals surface area contributed by atoms with E-state index >= 15 is 0 Å². The summed E-state index contributed by atoms with van der Waals surface area (Å²) in [5.74, 6) is 0. The third-order valence-electron chi connectivity index (χ3n) is 2.83. The third kappa shape index (κ3) is 1.54. The molecule has 3 aromatic rings. The summed E-state index contributed by atoms with van der Waals surface area (Å²) in [5, 5.41) is 14.6. The van der Waals surface area contributed by atoms with Gasteiger partial charge in [0.25, 0.3) is 0 Å². The third-order valence-corrected chi connectivity index (χ3v) is 2.83. The molecular weight excluding hydrogens is 224 g/mol. The Morgan fingerprint density at radius 1 is 1.22 bits per heavy atom. The van der Waals surface area contributed by atoms with E-state index in [9.17, 15) is 0 Å². The molecule has 4 nitrogen and oxygen atoms in total. The minimum atomic E-state index is 0.565. The summed E-state index contributed by atoms with van der Waals surface area (Å²) in [7, 11) is 1.88. The van der Waals surface area contributed by atoms with E-state index in [1.165, 1.54) is 0 Å². The second-order valence-corrected chi connectivity index (χ2v) is 4.06. The second-order valence-electron chi connectivity index (χ2n) is 4.06. The molecule has 0 unspecified atom stereocenters. The van der Waals surface area contributed by atoms with Crippen LogP contribution < -0.4 is 0 Å². The smallest absolute Gasteiger partial charge is 0.102 e. The van der Waals surface area contributed by atoms with Crippen molar-refractivity contribution in [2.24, 2.45) is 7.05 Å². The second kappa shape index (κ2) is 3.97. The van der Waals surface area contributed by atoms with E-state index in [4.69, 9.17) is 5.26 Å². The van der Waals surface area contributed by atoms with Crippen molar-refractivity contribution in [2.45, 2.75) is 0 Å². The number of rotatable bonds is 1. The summed E-state index contributed by atoms with van der Waals surface area (Å²) in [5.41, 5.74) is 3.01. The fourth-order valence-electron chi connectivity index (χ4n) is 2.07. The maximum Gasteiger partial charge on any atom is 0.102 e. The zero-order chi connectivity index (χ0) is 12.5. The van der Waals surface area contributed by atoms with Crippen LogP contribution in [0.2, 0.25) is 0 Å². The Balaban J connectivity index is 2.35. The number of aryl methyl sites for hydroxylation is 1. The molecule has 86 valence electrons. The van der Waals surface area contributed by atoms with Crippen LogP contribution in [0.5, 0.6) is 0 Å². The van der Waals surface area contributed by atoms with E-state index in [1.54, 1.807) is 23.0 Å². The molecule has 0 N–H and O–H groups in total. The van der Waals surface area contributed by atoms with E-state index in [0.717, 1.165) is 16.5 Å². The van der Waals surface area contributed by atoms with E-state index < -0.39 is 0 Å². The predicted molar refractivity (Wildman–Crippen MR) is 68.7 cm³/mol. The average molecular weight is 234 g/mol. The van der Waals surface area contributed by atoms with Crippen LogP contribution in [0.15, 0.2) is 42.7 Å². The molecule has 0 aliphatic carbocycles. The van der Waals surface area contributed by atoms with Gasteiger partial charge in [0, 0.05) is 30.4 Å². The highest BCUT2D eigenvalue weighted by Gasteiger charge is 2.11. The monoisotopic (exact) mass is 234 g/mol. The lowest BCUT2D eigenvalue weighted by Crippen LogP contribution is -1.91. The van der Waals surface area contributed by atoms with E-state index in [1.807, 2.05) is 31.4 Å². The van der Waals surface area contributed by atoms with Gasteiger partial charge < -0.3 is 0 Å². The van der Waals surface area contributed by atoms with Crippen molar-refractivity contribution in [1.29, 1.82) is 5.26 Å². The quantitative estimate of drug-likeness (QED) is 0.650. The first-order valence-electron chi connectivity index (χ1n) is 5.57. The SMILES string of the molecule is Cn1cc2cccc(-c3ncccc3C#N)c2n1. The molecule has 3 rings (SSSR count). The minimum absolute atomic E-state index is 0.565. The van der Waals surface area contributed by atoms with Gasteiger partial charge in [-0.15, -0.1) is 0 Å². The lowest BCUT2D eigenvalue weighted by molar-refractivity contribution is 0.780. The molecule has 18 heavy (non-hydrogen) atoms. The molecule has 0 atom stereocenters. The fraction of sp³-hybridized carbons (Fsp3) is 0.0714. The summed E-state index contributed by atoms with van der Waals surface area (Å²) < 4.78 is 1.77. The van der Waals surface area contributed by atoms with Crippen molar-refractivity contribution in [3.63, 3.8) is 0 Å². The molecule has 0 spiro atoms. The summed E-state index contributed by atoms with van der Waals surface area (Å²) in [6.45, 7) is 0. The van der Waals surface area contributed by atoms with Gasteiger partial charge >= 0.3 is 0 Å². The molecule has 0 fully saturated rings. The largest absolute Gasteiger partial charge is 0.275 e. The number of nitriles is 1. The van der Waals surface area contributed by atoms with E-state index in [-0.39, 0.29) is 0 Å². The number of aromatic nitrogens is 3. The molecule has 0 aliphatic heterocycles. The van der Waals surface area contributed by atoms with Gasteiger partial charge in [-0.3, -0.25) is 9.67 Å². The summed E-state index contributed by atoms with van der Waals surface area (Å²) in [4.78, 5) is 4.31. The van der Waals surface area contributed by atoms with Gasteiger partial charge in [0.05, 0.1) is 11.3 Å². The van der Waals surface area contributed by atoms with E-state index in [2.05, 4.69) is 16.2 Å². The van der Waals surface area contributed by atoms with Crippen molar-refractivity contribution in [3.8, 4) is 17.3 Å². The fourth-order valence-corrected chi connectivity index (χ4v) is 2.07. The number of benzene rings is 1. The molecule has 2 heterocycles. The molecular formula is C14H10N4. The Labute approximate surface area is 104 Å². The number of hydrogen-bond donors (Lipinski definition) is 0. The topological polar surface area (TPSA) is 54.5 Å². The Hall–Kier alpha value is -2.67. The lowest BCUT2D eigenvalue weighted by Gasteiger charge is -2.03. The van der Waals surface area contributed by atoms with Crippen molar-refractivity contribution < 1.29 is 0 Å². The molecule has 0 radical (unpaired) electrons. The van der Waals surface area contributed by atoms with Gasteiger partial charge in [-0.05, 0) is 12.1 Å². The predicted octanol–water partition coefficient (Wildman–Crippen LogP) is 2.51. The lowest BCUT2D eigenvalue weighted by atomic mass is 10.0. The molecule has 1 aromatic carbocycles. The number of hydrogen-bond acceptors (Lipinski definition) is 3. The number of nitrogens with zero attached hydrogens (tertiary/aromatic N) is 4. The molecule has 0 bridgehead atoms. The van der Waals surface area contributed by atoms with Gasteiger partial charge in [0.1, 0.15) is 11.6 Å². The first-order chi connectivity index (χ1) is 8.79. The Morgan fingerprint density at radius 2 is 2.11 bits per heavy atom. The van der Waals surface area contributed by atoms with Gasteiger partial charge in [-0.2, -0.15) is 10.4 Å². The molecule has 0 saturated carbocycles. The highest BCUT2D eigenvalue weighted by molar-refractivity contribution is 5.93. The Kier molecular flexibility index (Phi) is 2.31. The van der Waals surface area contributed by atoms with Crippen molar-refractivity contribution >= 4 is 10.9 Å². The van der Waals surface area contributed by atoms with Crippen LogP contribution in [0.3, 0.4) is 0 Å². The first kappa shape index (κ1) is 10.5. The number of fused-ring (bicyclic) bond motifs is 1. The average Bonchev–Trinajstić information content (AvgIpc) is 2.78. The van der Waals surface area contributed by atoms with Crippen molar-refractivity contribution in [2.75, 3.05) is 0 Å². The van der Waals surface area contributed by atoms with E-state index in [0.29, 0.717) is 11.3 Å². The van der Waals surface area contributed by atoms with Crippen molar-refractivity contribution in [3.05, 3.63) is 48.3 Å².